The largest absolute Gasteiger partial charge is 0.493 e. The van der Waals surface area contributed by atoms with Crippen LogP contribution in [0.5, 0.6) is 5.75 Å². The molecule has 1 aromatic heterocycles. The van der Waals surface area contributed by atoms with Gasteiger partial charge in [-0.1, -0.05) is 38.5 Å². The van der Waals surface area contributed by atoms with E-state index in [4.69, 9.17) is 9.47 Å². The van der Waals surface area contributed by atoms with Crippen molar-refractivity contribution in [3.05, 3.63) is 51.9 Å². The number of carbonyl (C=O) groups is 2. The molecule has 1 aliphatic carbocycles. The number of benzene rings is 1. The molecule has 0 saturated heterocycles. The van der Waals surface area contributed by atoms with E-state index in [1.54, 1.807) is 6.08 Å². The number of amides is 1. The summed E-state index contributed by atoms with van der Waals surface area (Å²) in [5.74, 6) is 0.659. The first kappa shape index (κ1) is 22.1. The highest BCUT2D eigenvalue weighted by Crippen LogP contribution is 2.40. The summed E-state index contributed by atoms with van der Waals surface area (Å²) in [6.07, 6.45) is 8.07. The Balaban J connectivity index is 1.76. The first-order chi connectivity index (χ1) is 14.5. The van der Waals surface area contributed by atoms with Gasteiger partial charge >= 0.3 is 5.97 Å². The van der Waals surface area contributed by atoms with E-state index in [9.17, 15) is 9.59 Å². The normalized spacial score (nSPS) is 15.6. The van der Waals surface area contributed by atoms with Crippen molar-refractivity contribution < 1.29 is 19.1 Å². The summed E-state index contributed by atoms with van der Waals surface area (Å²) in [5.41, 5.74) is 2.38. The summed E-state index contributed by atoms with van der Waals surface area (Å²) in [7, 11) is 1.37. The molecule has 0 saturated carbocycles. The highest BCUT2D eigenvalue weighted by molar-refractivity contribution is 7.17. The fraction of sp³-hybridized carbons (Fsp3) is 0.417. The number of ether oxygens (including phenoxy) is 2. The minimum atomic E-state index is -0.393. The Bertz CT molecular complexity index is 931. The van der Waals surface area contributed by atoms with Gasteiger partial charge in [-0.25, -0.2) is 4.79 Å². The second-order valence-electron chi connectivity index (χ2n) is 7.61. The SMILES string of the molecule is CCCCOc1ccccc1C=CC(=O)Nc1sc2c(c1C(=O)OC)CCC(C)C2. The summed E-state index contributed by atoms with van der Waals surface area (Å²) in [6, 6.07) is 7.64. The van der Waals surface area contributed by atoms with E-state index >= 15 is 0 Å². The number of esters is 1. The van der Waals surface area contributed by atoms with Crippen molar-refractivity contribution in [1.82, 2.24) is 0 Å². The maximum absolute atomic E-state index is 12.6. The predicted octanol–water partition coefficient (Wildman–Crippen LogP) is 5.49. The van der Waals surface area contributed by atoms with Gasteiger partial charge in [-0.2, -0.15) is 0 Å². The summed E-state index contributed by atoms with van der Waals surface area (Å²) >= 11 is 1.48. The molecule has 30 heavy (non-hydrogen) atoms. The lowest BCUT2D eigenvalue weighted by Gasteiger charge is -2.18. The predicted molar refractivity (Wildman–Crippen MR) is 121 cm³/mol. The number of carbonyl (C=O) groups excluding carboxylic acids is 2. The third-order valence-electron chi connectivity index (χ3n) is 5.23. The fourth-order valence-electron chi connectivity index (χ4n) is 3.55. The number of methoxy groups -OCH3 is 1. The van der Waals surface area contributed by atoms with Gasteiger partial charge in [0.15, 0.2) is 0 Å². The summed E-state index contributed by atoms with van der Waals surface area (Å²) in [6.45, 7) is 4.97. The number of nitrogens with one attached hydrogen (secondary N) is 1. The maximum atomic E-state index is 12.6. The fourth-order valence-corrected chi connectivity index (χ4v) is 4.95. The lowest BCUT2D eigenvalue weighted by atomic mass is 9.88. The molecule has 0 aliphatic heterocycles. The Labute approximate surface area is 182 Å². The van der Waals surface area contributed by atoms with Crippen molar-refractivity contribution in [2.45, 2.75) is 46.0 Å². The number of para-hydroxylation sites is 1. The van der Waals surface area contributed by atoms with Crippen LogP contribution in [-0.2, 0) is 22.4 Å². The van der Waals surface area contributed by atoms with Crippen molar-refractivity contribution in [2.24, 2.45) is 5.92 Å². The molecule has 1 heterocycles. The maximum Gasteiger partial charge on any atom is 0.341 e. The molecule has 1 N–H and O–H groups in total. The zero-order valence-electron chi connectivity index (χ0n) is 17.8. The molecule has 1 aliphatic rings. The third kappa shape index (κ3) is 5.30. The zero-order chi connectivity index (χ0) is 21.5. The lowest BCUT2D eigenvalue weighted by molar-refractivity contribution is -0.111. The molecule has 160 valence electrons. The Morgan fingerprint density at radius 3 is 2.87 bits per heavy atom. The molecule has 0 fully saturated rings. The van der Waals surface area contributed by atoms with Crippen LogP contribution >= 0.6 is 11.3 Å². The van der Waals surface area contributed by atoms with E-state index in [-0.39, 0.29) is 5.91 Å². The van der Waals surface area contributed by atoms with E-state index < -0.39 is 5.97 Å². The summed E-state index contributed by atoms with van der Waals surface area (Å²) < 4.78 is 10.8. The van der Waals surface area contributed by atoms with Gasteiger partial charge in [0.05, 0.1) is 19.3 Å². The second kappa shape index (κ2) is 10.4. The summed E-state index contributed by atoms with van der Waals surface area (Å²) in [5, 5.41) is 3.46. The Kier molecular flexibility index (Phi) is 7.69. The average molecular weight is 428 g/mol. The molecule has 0 bridgehead atoms. The van der Waals surface area contributed by atoms with E-state index in [2.05, 4.69) is 19.2 Å². The van der Waals surface area contributed by atoms with Crippen LogP contribution < -0.4 is 10.1 Å². The Hall–Kier alpha value is -2.60. The minimum Gasteiger partial charge on any atom is -0.493 e. The molecule has 2 aromatic rings. The van der Waals surface area contributed by atoms with Gasteiger partial charge in [0.25, 0.3) is 0 Å². The molecule has 0 radical (unpaired) electrons. The number of hydrogen-bond donors (Lipinski definition) is 1. The van der Waals surface area contributed by atoms with Gasteiger partial charge in [0, 0.05) is 16.5 Å². The first-order valence-electron chi connectivity index (χ1n) is 10.5. The third-order valence-corrected chi connectivity index (χ3v) is 6.40. The average Bonchev–Trinajstić information content (AvgIpc) is 3.09. The Morgan fingerprint density at radius 2 is 2.10 bits per heavy atom. The molecule has 1 amide bonds. The molecule has 1 unspecified atom stereocenters. The van der Waals surface area contributed by atoms with Crippen molar-refractivity contribution in [3.63, 3.8) is 0 Å². The molecule has 1 atom stereocenters. The highest BCUT2D eigenvalue weighted by atomic mass is 32.1. The number of hydrogen-bond acceptors (Lipinski definition) is 5. The molecule has 0 spiro atoms. The molecule has 1 aromatic carbocycles. The van der Waals surface area contributed by atoms with Crippen LogP contribution in [0, 0.1) is 5.92 Å². The van der Waals surface area contributed by atoms with E-state index in [1.165, 1.54) is 29.4 Å². The number of unbranched alkanes of at least 4 members (excludes halogenated alkanes) is 1. The van der Waals surface area contributed by atoms with Gasteiger partial charge in [-0.05, 0) is 49.3 Å². The van der Waals surface area contributed by atoms with Crippen molar-refractivity contribution >= 4 is 34.3 Å². The van der Waals surface area contributed by atoms with Gasteiger partial charge in [-0.3, -0.25) is 4.79 Å². The molecular formula is C24H29NO4S. The van der Waals surface area contributed by atoms with E-state index in [0.29, 0.717) is 23.1 Å². The van der Waals surface area contributed by atoms with Gasteiger partial charge < -0.3 is 14.8 Å². The number of fused-ring (bicyclic) bond motifs is 1. The standard InChI is InChI=1S/C24H29NO4S/c1-4-5-14-29-19-9-7-6-8-17(19)11-13-21(26)25-23-22(24(27)28-3)18-12-10-16(2)15-20(18)30-23/h6-9,11,13,16H,4-5,10,12,14-15H2,1-3H3,(H,25,26). The van der Waals surface area contributed by atoms with Crippen LogP contribution in [0.3, 0.4) is 0 Å². The van der Waals surface area contributed by atoms with Crippen LogP contribution in [0.15, 0.2) is 30.3 Å². The number of thiophene rings is 1. The monoisotopic (exact) mass is 427 g/mol. The lowest BCUT2D eigenvalue weighted by Crippen LogP contribution is -2.14. The first-order valence-corrected chi connectivity index (χ1v) is 11.3. The van der Waals surface area contributed by atoms with Crippen LogP contribution in [0.4, 0.5) is 5.00 Å². The highest BCUT2D eigenvalue weighted by Gasteiger charge is 2.28. The zero-order valence-corrected chi connectivity index (χ0v) is 18.6. The van der Waals surface area contributed by atoms with E-state index in [0.717, 1.165) is 49.0 Å². The molecule has 5 nitrogen and oxygen atoms in total. The number of anilines is 1. The second-order valence-corrected chi connectivity index (χ2v) is 8.72. The van der Waals surface area contributed by atoms with Crippen molar-refractivity contribution in [3.8, 4) is 5.75 Å². The smallest absolute Gasteiger partial charge is 0.341 e. The Morgan fingerprint density at radius 1 is 1.30 bits per heavy atom. The van der Waals surface area contributed by atoms with Crippen LogP contribution in [0.2, 0.25) is 0 Å². The quantitative estimate of drug-likeness (QED) is 0.344. The molecule has 6 heteroatoms. The molecule has 3 rings (SSSR count). The van der Waals surface area contributed by atoms with Crippen LogP contribution in [0.1, 0.15) is 59.5 Å². The topological polar surface area (TPSA) is 64.6 Å². The summed E-state index contributed by atoms with van der Waals surface area (Å²) in [4.78, 5) is 26.2. The van der Waals surface area contributed by atoms with Crippen LogP contribution in [-0.4, -0.2) is 25.6 Å². The number of rotatable bonds is 8. The van der Waals surface area contributed by atoms with Crippen molar-refractivity contribution in [2.75, 3.05) is 19.0 Å². The minimum absolute atomic E-state index is 0.282. The van der Waals surface area contributed by atoms with Crippen LogP contribution in [0.25, 0.3) is 6.08 Å². The molecular weight excluding hydrogens is 398 g/mol. The van der Waals surface area contributed by atoms with Crippen molar-refractivity contribution in [1.29, 1.82) is 0 Å². The van der Waals surface area contributed by atoms with Gasteiger partial charge in [0.1, 0.15) is 10.8 Å². The van der Waals surface area contributed by atoms with Gasteiger partial charge in [-0.15, -0.1) is 11.3 Å². The van der Waals surface area contributed by atoms with Gasteiger partial charge in [0.2, 0.25) is 5.91 Å². The van der Waals surface area contributed by atoms with E-state index in [1.807, 2.05) is 24.3 Å².